The Balaban J connectivity index is 1.92. The molecule has 70 valence electrons. The fourth-order valence-corrected chi connectivity index (χ4v) is 2.75. The summed E-state index contributed by atoms with van der Waals surface area (Å²) in [5.41, 5.74) is 0. The average molecular weight is 169 g/mol. The summed E-state index contributed by atoms with van der Waals surface area (Å²) in [6, 6.07) is 1.13. The molecule has 1 saturated carbocycles. The Morgan fingerprint density at radius 1 is 1.17 bits per heavy atom. The van der Waals surface area contributed by atoms with Crippen LogP contribution in [0.1, 0.15) is 38.5 Å². The number of hydrogen-bond acceptors (Lipinski definition) is 2. The van der Waals surface area contributed by atoms with Gasteiger partial charge in [0.05, 0.1) is 6.61 Å². The van der Waals surface area contributed by atoms with E-state index in [4.69, 9.17) is 5.11 Å². The minimum Gasteiger partial charge on any atom is -0.395 e. The normalized spacial score (nSPS) is 42.2. The SMILES string of the molecule is OCC1C[C@@H]2CCCCC[C@H]2N1. The molecule has 2 rings (SSSR count). The van der Waals surface area contributed by atoms with E-state index in [0.717, 1.165) is 12.0 Å². The van der Waals surface area contributed by atoms with Gasteiger partial charge in [-0.15, -0.1) is 0 Å². The van der Waals surface area contributed by atoms with Crippen molar-refractivity contribution in [2.75, 3.05) is 6.61 Å². The molecule has 1 heterocycles. The molecule has 0 aromatic rings. The summed E-state index contributed by atoms with van der Waals surface area (Å²) in [7, 11) is 0. The molecular formula is C10H19NO. The minimum atomic E-state index is 0.326. The Hall–Kier alpha value is -0.0800. The van der Waals surface area contributed by atoms with E-state index < -0.39 is 0 Å². The third-order valence-electron chi connectivity index (χ3n) is 3.42. The third-order valence-corrected chi connectivity index (χ3v) is 3.42. The lowest BCUT2D eigenvalue weighted by Crippen LogP contribution is -2.32. The summed E-state index contributed by atoms with van der Waals surface area (Å²) in [5, 5.41) is 12.6. The van der Waals surface area contributed by atoms with Crippen molar-refractivity contribution in [3.05, 3.63) is 0 Å². The molecule has 2 aliphatic rings. The summed E-state index contributed by atoms with van der Waals surface area (Å²) < 4.78 is 0. The zero-order valence-corrected chi connectivity index (χ0v) is 7.63. The van der Waals surface area contributed by atoms with Gasteiger partial charge in [-0.3, -0.25) is 0 Å². The van der Waals surface area contributed by atoms with Gasteiger partial charge in [0.1, 0.15) is 0 Å². The first-order chi connectivity index (χ1) is 5.90. The molecule has 2 heteroatoms. The Morgan fingerprint density at radius 3 is 2.83 bits per heavy atom. The molecule has 0 amide bonds. The molecule has 12 heavy (non-hydrogen) atoms. The van der Waals surface area contributed by atoms with E-state index in [2.05, 4.69) is 5.32 Å². The van der Waals surface area contributed by atoms with Gasteiger partial charge in [-0.25, -0.2) is 0 Å². The molecule has 1 saturated heterocycles. The van der Waals surface area contributed by atoms with Crippen molar-refractivity contribution in [2.45, 2.75) is 50.6 Å². The summed E-state index contributed by atoms with van der Waals surface area (Å²) in [5.74, 6) is 0.865. The lowest BCUT2D eigenvalue weighted by atomic mass is 9.95. The monoisotopic (exact) mass is 169 g/mol. The van der Waals surface area contributed by atoms with Gasteiger partial charge in [0.15, 0.2) is 0 Å². The van der Waals surface area contributed by atoms with Crippen LogP contribution in [0.15, 0.2) is 0 Å². The van der Waals surface area contributed by atoms with E-state index in [-0.39, 0.29) is 0 Å². The van der Waals surface area contributed by atoms with Gasteiger partial charge in [0, 0.05) is 12.1 Å². The van der Waals surface area contributed by atoms with Gasteiger partial charge < -0.3 is 10.4 Å². The van der Waals surface area contributed by atoms with Crippen molar-refractivity contribution in [3.63, 3.8) is 0 Å². The molecule has 1 aliphatic heterocycles. The zero-order valence-electron chi connectivity index (χ0n) is 7.63. The van der Waals surface area contributed by atoms with Crippen molar-refractivity contribution in [1.29, 1.82) is 0 Å². The predicted octanol–water partition coefficient (Wildman–Crippen LogP) is 1.29. The van der Waals surface area contributed by atoms with Crippen LogP contribution in [0.5, 0.6) is 0 Å². The van der Waals surface area contributed by atoms with E-state index in [1.807, 2.05) is 0 Å². The van der Waals surface area contributed by atoms with Crippen molar-refractivity contribution < 1.29 is 5.11 Å². The van der Waals surface area contributed by atoms with Crippen LogP contribution in [0.3, 0.4) is 0 Å². The van der Waals surface area contributed by atoms with Crippen LogP contribution in [0, 0.1) is 5.92 Å². The Kier molecular flexibility index (Phi) is 2.66. The maximum atomic E-state index is 9.02. The molecule has 0 radical (unpaired) electrons. The lowest BCUT2D eigenvalue weighted by molar-refractivity contribution is 0.249. The van der Waals surface area contributed by atoms with E-state index in [1.165, 1.54) is 38.5 Å². The third kappa shape index (κ3) is 1.64. The molecule has 2 fully saturated rings. The number of hydrogen-bond donors (Lipinski definition) is 2. The fourth-order valence-electron chi connectivity index (χ4n) is 2.75. The summed E-state index contributed by atoms with van der Waals surface area (Å²) in [4.78, 5) is 0. The molecule has 0 aromatic carbocycles. The molecular weight excluding hydrogens is 150 g/mol. The van der Waals surface area contributed by atoms with Crippen LogP contribution in [-0.2, 0) is 0 Å². The van der Waals surface area contributed by atoms with Gasteiger partial charge in [-0.05, 0) is 25.2 Å². The van der Waals surface area contributed by atoms with Gasteiger partial charge in [-0.2, -0.15) is 0 Å². The lowest BCUT2D eigenvalue weighted by Gasteiger charge is -2.14. The first-order valence-electron chi connectivity index (χ1n) is 5.27. The molecule has 1 unspecified atom stereocenters. The number of rotatable bonds is 1. The fraction of sp³-hybridized carbons (Fsp3) is 1.00. The highest BCUT2D eigenvalue weighted by Crippen LogP contribution is 2.31. The van der Waals surface area contributed by atoms with Gasteiger partial charge in [0.25, 0.3) is 0 Å². The van der Waals surface area contributed by atoms with E-state index >= 15 is 0 Å². The van der Waals surface area contributed by atoms with Crippen LogP contribution < -0.4 is 5.32 Å². The molecule has 0 spiro atoms. The second-order valence-electron chi connectivity index (χ2n) is 4.29. The summed E-state index contributed by atoms with van der Waals surface area (Å²) >= 11 is 0. The molecule has 1 aliphatic carbocycles. The summed E-state index contributed by atoms with van der Waals surface area (Å²) in [6.07, 6.45) is 8.13. The number of fused-ring (bicyclic) bond motifs is 1. The highest BCUT2D eigenvalue weighted by Gasteiger charge is 2.33. The van der Waals surface area contributed by atoms with E-state index in [0.29, 0.717) is 12.6 Å². The van der Waals surface area contributed by atoms with Crippen molar-refractivity contribution >= 4 is 0 Å². The maximum absolute atomic E-state index is 9.02. The smallest absolute Gasteiger partial charge is 0.0584 e. The molecule has 0 aromatic heterocycles. The number of aliphatic hydroxyl groups is 1. The molecule has 2 nitrogen and oxygen atoms in total. The average Bonchev–Trinajstić information content (AvgIpc) is 2.37. The number of aliphatic hydroxyl groups excluding tert-OH is 1. The number of nitrogens with one attached hydrogen (secondary N) is 1. The highest BCUT2D eigenvalue weighted by molar-refractivity contribution is 4.91. The van der Waals surface area contributed by atoms with E-state index in [9.17, 15) is 0 Å². The Morgan fingerprint density at radius 2 is 2.00 bits per heavy atom. The standard InChI is InChI=1S/C10H19NO/c12-7-9-6-8-4-2-1-3-5-10(8)11-9/h8-12H,1-7H2/t8-,9?,10+/m0/s1. The van der Waals surface area contributed by atoms with Crippen LogP contribution in [-0.4, -0.2) is 23.8 Å². The first-order valence-corrected chi connectivity index (χ1v) is 5.27. The van der Waals surface area contributed by atoms with Gasteiger partial charge in [-0.1, -0.05) is 19.3 Å². The minimum absolute atomic E-state index is 0.326. The second kappa shape index (κ2) is 3.75. The molecule has 3 atom stereocenters. The zero-order chi connectivity index (χ0) is 8.39. The second-order valence-corrected chi connectivity index (χ2v) is 4.29. The van der Waals surface area contributed by atoms with Crippen LogP contribution in [0.2, 0.25) is 0 Å². The van der Waals surface area contributed by atoms with Crippen LogP contribution >= 0.6 is 0 Å². The molecule has 0 bridgehead atoms. The van der Waals surface area contributed by atoms with Crippen LogP contribution in [0.25, 0.3) is 0 Å². The summed E-state index contributed by atoms with van der Waals surface area (Å²) in [6.45, 7) is 0.326. The highest BCUT2D eigenvalue weighted by atomic mass is 16.3. The van der Waals surface area contributed by atoms with Crippen molar-refractivity contribution in [1.82, 2.24) is 5.32 Å². The first kappa shape index (κ1) is 8.52. The topological polar surface area (TPSA) is 32.3 Å². The Bertz CT molecular complexity index is 135. The quantitative estimate of drug-likeness (QED) is 0.620. The van der Waals surface area contributed by atoms with Gasteiger partial charge in [0.2, 0.25) is 0 Å². The maximum Gasteiger partial charge on any atom is 0.0584 e. The van der Waals surface area contributed by atoms with Gasteiger partial charge >= 0.3 is 0 Å². The van der Waals surface area contributed by atoms with Crippen LogP contribution in [0.4, 0.5) is 0 Å². The largest absolute Gasteiger partial charge is 0.395 e. The Labute approximate surface area is 74.4 Å². The predicted molar refractivity (Wildman–Crippen MR) is 49.0 cm³/mol. The van der Waals surface area contributed by atoms with E-state index in [1.54, 1.807) is 0 Å². The van der Waals surface area contributed by atoms with Crippen molar-refractivity contribution in [3.8, 4) is 0 Å². The molecule has 2 N–H and O–H groups in total. The van der Waals surface area contributed by atoms with Crippen molar-refractivity contribution in [2.24, 2.45) is 5.92 Å².